The second kappa shape index (κ2) is 6.09. The second-order valence-corrected chi connectivity index (χ2v) is 5.62. The Kier molecular flexibility index (Phi) is 3.98. The van der Waals surface area contributed by atoms with Gasteiger partial charge in [0.15, 0.2) is 0 Å². The fourth-order valence-corrected chi connectivity index (χ4v) is 2.73. The summed E-state index contributed by atoms with van der Waals surface area (Å²) in [6.07, 6.45) is 5.89. The summed E-state index contributed by atoms with van der Waals surface area (Å²) in [6, 6.07) is 2.79. The smallest absolute Gasteiger partial charge is 0.347 e. The third-order valence-corrected chi connectivity index (χ3v) is 4.09. The molecule has 3 rings (SSSR count). The van der Waals surface area contributed by atoms with Gasteiger partial charge >= 0.3 is 5.97 Å². The Hall–Kier alpha value is -2.87. The maximum atomic E-state index is 12.9. The number of aromatic carboxylic acids is 1. The number of carboxylic acids is 1. The molecule has 3 aromatic rings. The van der Waals surface area contributed by atoms with E-state index in [4.69, 9.17) is 9.63 Å². The van der Waals surface area contributed by atoms with Gasteiger partial charge in [0.2, 0.25) is 0 Å². The Morgan fingerprint density at radius 2 is 2.22 bits per heavy atom. The number of carbonyl (C=O) groups is 1. The van der Waals surface area contributed by atoms with Gasteiger partial charge in [0.1, 0.15) is 27.7 Å². The number of halogens is 1. The van der Waals surface area contributed by atoms with Crippen LogP contribution < -0.4 is 0 Å². The highest BCUT2D eigenvalue weighted by molar-refractivity contribution is 7.14. The fraction of sp³-hybridized carbons (Fsp3) is 0.0667. The summed E-state index contributed by atoms with van der Waals surface area (Å²) in [5, 5.41) is 13.4. The van der Waals surface area contributed by atoms with Crippen LogP contribution >= 0.6 is 11.3 Å². The number of nitrogens with zero attached hydrogens (tertiary/aromatic N) is 3. The third-order valence-electron chi connectivity index (χ3n) is 2.98. The van der Waals surface area contributed by atoms with E-state index in [-0.39, 0.29) is 4.88 Å². The molecule has 0 saturated heterocycles. The van der Waals surface area contributed by atoms with Gasteiger partial charge in [-0.3, -0.25) is 4.98 Å². The highest BCUT2D eigenvalue weighted by atomic mass is 32.1. The first kappa shape index (κ1) is 15.0. The number of aromatic nitrogens is 3. The Bertz CT molecular complexity index is 884. The van der Waals surface area contributed by atoms with Gasteiger partial charge in [-0.15, -0.1) is 11.3 Å². The molecule has 0 aliphatic rings. The maximum Gasteiger partial charge on any atom is 0.347 e. The molecule has 0 aromatic carbocycles. The van der Waals surface area contributed by atoms with Crippen molar-refractivity contribution in [1.82, 2.24) is 15.1 Å². The van der Waals surface area contributed by atoms with Gasteiger partial charge in [-0.05, 0) is 31.2 Å². The van der Waals surface area contributed by atoms with E-state index in [1.807, 2.05) is 0 Å². The van der Waals surface area contributed by atoms with Crippen molar-refractivity contribution in [3.8, 4) is 11.4 Å². The SMILES string of the molecule is Cc1nc(C=Cc2conc2-c2ccc(F)cn2)sc1C(=O)O. The van der Waals surface area contributed by atoms with Crippen LogP contribution in [0, 0.1) is 12.7 Å². The minimum absolute atomic E-state index is 0.204. The van der Waals surface area contributed by atoms with Gasteiger partial charge in [0.05, 0.1) is 17.6 Å². The van der Waals surface area contributed by atoms with E-state index in [0.29, 0.717) is 27.7 Å². The highest BCUT2D eigenvalue weighted by Crippen LogP contribution is 2.24. The summed E-state index contributed by atoms with van der Waals surface area (Å²) in [7, 11) is 0. The van der Waals surface area contributed by atoms with Crippen molar-refractivity contribution in [3.63, 3.8) is 0 Å². The molecule has 0 fully saturated rings. The van der Waals surface area contributed by atoms with Crippen LogP contribution in [0.25, 0.3) is 23.5 Å². The maximum absolute atomic E-state index is 12.9. The van der Waals surface area contributed by atoms with Gasteiger partial charge in [0.25, 0.3) is 0 Å². The first-order valence-corrected chi connectivity index (χ1v) is 7.31. The van der Waals surface area contributed by atoms with Crippen molar-refractivity contribution in [2.45, 2.75) is 6.92 Å². The number of hydrogen-bond donors (Lipinski definition) is 1. The largest absolute Gasteiger partial charge is 0.477 e. The topological polar surface area (TPSA) is 89.1 Å². The van der Waals surface area contributed by atoms with Gasteiger partial charge < -0.3 is 9.63 Å². The average molecular weight is 331 g/mol. The van der Waals surface area contributed by atoms with Crippen LogP contribution in [0.3, 0.4) is 0 Å². The van der Waals surface area contributed by atoms with Crippen molar-refractivity contribution >= 4 is 29.5 Å². The predicted octanol–water partition coefficient (Wildman–Crippen LogP) is 3.51. The lowest BCUT2D eigenvalue weighted by molar-refractivity contribution is 0.0701. The molecular formula is C15H10FN3O3S. The van der Waals surface area contributed by atoms with Crippen LogP contribution in [-0.4, -0.2) is 26.2 Å². The molecule has 0 unspecified atom stereocenters. The van der Waals surface area contributed by atoms with Crippen molar-refractivity contribution < 1.29 is 18.8 Å². The molecule has 8 heteroatoms. The van der Waals surface area contributed by atoms with Gasteiger partial charge in [-0.1, -0.05) is 5.16 Å². The molecular weight excluding hydrogens is 321 g/mol. The van der Waals surface area contributed by atoms with E-state index < -0.39 is 11.8 Å². The van der Waals surface area contributed by atoms with Crippen LogP contribution in [0.2, 0.25) is 0 Å². The minimum atomic E-state index is -0.999. The molecule has 0 aliphatic carbocycles. The molecule has 0 amide bonds. The zero-order chi connectivity index (χ0) is 16.4. The number of carboxylic acid groups (broad SMARTS) is 1. The Morgan fingerprint density at radius 3 is 2.87 bits per heavy atom. The molecule has 116 valence electrons. The molecule has 1 N–H and O–H groups in total. The molecule has 0 saturated carbocycles. The summed E-state index contributed by atoms with van der Waals surface area (Å²) in [4.78, 5) is 19.4. The molecule has 0 spiro atoms. The Morgan fingerprint density at radius 1 is 1.39 bits per heavy atom. The van der Waals surface area contributed by atoms with Crippen LogP contribution in [0.1, 0.15) is 25.9 Å². The molecule has 0 aliphatic heterocycles. The first-order valence-electron chi connectivity index (χ1n) is 6.49. The summed E-state index contributed by atoms with van der Waals surface area (Å²) >= 11 is 1.08. The Balaban J connectivity index is 1.89. The van der Waals surface area contributed by atoms with Crippen molar-refractivity contribution in [2.75, 3.05) is 0 Å². The van der Waals surface area contributed by atoms with Crippen LogP contribution in [-0.2, 0) is 0 Å². The number of aryl methyl sites for hydroxylation is 1. The first-order chi connectivity index (χ1) is 11.0. The molecule has 6 nitrogen and oxygen atoms in total. The number of rotatable bonds is 4. The van der Waals surface area contributed by atoms with Crippen molar-refractivity contribution in [3.05, 3.63) is 51.6 Å². The van der Waals surface area contributed by atoms with Gasteiger partial charge in [-0.2, -0.15) is 0 Å². The van der Waals surface area contributed by atoms with E-state index in [0.717, 1.165) is 17.5 Å². The van der Waals surface area contributed by atoms with Crippen molar-refractivity contribution in [2.24, 2.45) is 0 Å². The van der Waals surface area contributed by atoms with Gasteiger partial charge in [-0.25, -0.2) is 14.2 Å². The average Bonchev–Trinajstić information content (AvgIpc) is 3.12. The van der Waals surface area contributed by atoms with E-state index >= 15 is 0 Å². The quantitative estimate of drug-likeness (QED) is 0.787. The lowest BCUT2D eigenvalue weighted by Crippen LogP contribution is -1.94. The molecule has 0 radical (unpaired) electrons. The summed E-state index contributed by atoms with van der Waals surface area (Å²) in [5.41, 5.74) is 2.04. The predicted molar refractivity (Wildman–Crippen MR) is 82.4 cm³/mol. The normalized spacial score (nSPS) is 11.2. The number of hydrogen-bond acceptors (Lipinski definition) is 6. The zero-order valence-corrected chi connectivity index (χ0v) is 12.7. The van der Waals surface area contributed by atoms with Crippen LogP contribution in [0.5, 0.6) is 0 Å². The molecule has 23 heavy (non-hydrogen) atoms. The zero-order valence-electron chi connectivity index (χ0n) is 11.9. The number of thiazole rings is 1. The highest BCUT2D eigenvalue weighted by Gasteiger charge is 2.13. The molecule has 0 bridgehead atoms. The number of pyridine rings is 1. The van der Waals surface area contributed by atoms with E-state index in [1.165, 1.54) is 18.4 Å². The monoisotopic (exact) mass is 331 g/mol. The molecule has 3 heterocycles. The summed E-state index contributed by atoms with van der Waals surface area (Å²) in [6.45, 7) is 1.64. The molecule has 0 atom stereocenters. The van der Waals surface area contributed by atoms with E-state index in [9.17, 15) is 9.18 Å². The lowest BCUT2D eigenvalue weighted by Gasteiger charge is -1.96. The third kappa shape index (κ3) is 3.16. The minimum Gasteiger partial charge on any atom is -0.477 e. The summed E-state index contributed by atoms with van der Waals surface area (Å²) < 4.78 is 17.9. The van der Waals surface area contributed by atoms with Crippen LogP contribution in [0.4, 0.5) is 4.39 Å². The van der Waals surface area contributed by atoms with E-state index in [1.54, 1.807) is 19.1 Å². The van der Waals surface area contributed by atoms with Crippen LogP contribution in [0.15, 0.2) is 29.1 Å². The fourth-order valence-electron chi connectivity index (χ4n) is 1.92. The lowest BCUT2D eigenvalue weighted by atomic mass is 10.1. The van der Waals surface area contributed by atoms with Crippen molar-refractivity contribution in [1.29, 1.82) is 0 Å². The Labute approximate surface area is 133 Å². The van der Waals surface area contributed by atoms with Gasteiger partial charge in [0, 0.05) is 5.56 Å². The second-order valence-electron chi connectivity index (χ2n) is 4.59. The van der Waals surface area contributed by atoms with E-state index in [2.05, 4.69) is 15.1 Å². The molecule has 3 aromatic heterocycles. The summed E-state index contributed by atoms with van der Waals surface area (Å²) in [5.74, 6) is -1.44. The standard InChI is InChI=1S/C15H10FN3O3S/c1-8-14(15(20)21)23-12(18-8)5-2-9-7-22-19-13(9)11-4-3-10(16)6-17-11/h2-7H,1H3,(H,20,21).